The minimum atomic E-state index is -4.38. The molecule has 0 unspecified atom stereocenters. The second-order valence-corrected chi connectivity index (χ2v) is 3.88. The van der Waals surface area contributed by atoms with Gasteiger partial charge in [-0.1, -0.05) is 12.1 Å². The molecule has 0 atom stereocenters. The summed E-state index contributed by atoms with van der Waals surface area (Å²) < 4.78 is 38.5. The third kappa shape index (κ3) is 2.93. The fourth-order valence-electron chi connectivity index (χ4n) is 1.63. The maximum absolute atomic E-state index is 12.4. The van der Waals surface area contributed by atoms with Gasteiger partial charge >= 0.3 is 12.1 Å². The van der Waals surface area contributed by atoms with E-state index in [0.29, 0.717) is 5.56 Å². The van der Waals surface area contributed by atoms with Crippen molar-refractivity contribution in [3.05, 3.63) is 53.6 Å². The van der Waals surface area contributed by atoms with Crippen LogP contribution in [0.2, 0.25) is 0 Å². The molecule has 0 bridgehead atoms. The Morgan fingerprint density at radius 3 is 2.42 bits per heavy atom. The summed E-state index contributed by atoms with van der Waals surface area (Å²) in [7, 11) is 0. The summed E-state index contributed by atoms with van der Waals surface area (Å²) in [5.74, 6) is -1.34. The van der Waals surface area contributed by atoms with Crippen molar-refractivity contribution in [2.45, 2.75) is 12.7 Å². The third-order valence-electron chi connectivity index (χ3n) is 2.54. The van der Waals surface area contributed by atoms with Gasteiger partial charge in [0.05, 0.1) is 5.56 Å². The van der Waals surface area contributed by atoms with Crippen LogP contribution in [0.3, 0.4) is 0 Å². The zero-order valence-electron chi connectivity index (χ0n) is 9.55. The predicted molar refractivity (Wildman–Crippen MR) is 59.7 cm³/mol. The third-order valence-corrected chi connectivity index (χ3v) is 2.54. The number of aromatic carboxylic acids is 1. The number of carbonyl (C=O) groups is 1. The lowest BCUT2D eigenvalue weighted by molar-refractivity contribution is -0.137. The molecule has 1 heterocycles. The number of hydrogen-bond acceptors (Lipinski definition) is 2. The molecule has 100 valence electrons. The van der Waals surface area contributed by atoms with Crippen LogP contribution in [0, 0.1) is 0 Å². The van der Waals surface area contributed by atoms with Gasteiger partial charge in [-0.25, -0.2) is 9.78 Å². The SMILES string of the molecule is O=C(O)c1nccn1Cc1ccc(C(F)(F)F)cc1. The Hall–Kier alpha value is -2.31. The highest BCUT2D eigenvalue weighted by Crippen LogP contribution is 2.29. The molecule has 0 aliphatic rings. The number of carboxylic acid groups (broad SMARTS) is 1. The Morgan fingerprint density at radius 2 is 1.89 bits per heavy atom. The molecule has 0 spiro atoms. The average Bonchev–Trinajstić information content (AvgIpc) is 2.77. The maximum Gasteiger partial charge on any atom is 0.416 e. The molecule has 1 N–H and O–H groups in total. The van der Waals surface area contributed by atoms with Gasteiger partial charge in [0.1, 0.15) is 0 Å². The molecule has 2 aromatic rings. The first-order valence-electron chi connectivity index (χ1n) is 5.28. The first-order valence-corrected chi connectivity index (χ1v) is 5.28. The Balaban J connectivity index is 2.20. The van der Waals surface area contributed by atoms with Gasteiger partial charge in [-0.05, 0) is 17.7 Å². The number of rotatable bonds is 3. The Morgan fingerprint density at radius 1 is 1.26 bits per heavy atom. The van der Waals surface area contributed by atoms with Crippen LogP contribution in [0.15, 0.2) is 36.7 Å². The van der Waals surface area contributed by atoms with E-state index in [4.69, 9.17) is 5.11 Å². The predicted octanol–water partition coefficient (Wildman–Crippen LogP) is 2.65. The normalized spacial score (nSPS) is 11.5. The summed E-state index contributed by atoms with van der Waals surface area (Å²) in [6, 6.07) is 4.56. The van der Waals surface area contributed by atoms with E-state index in [1.807, 2.05) is 0 Å². The van der Waals surface area contributed by atoms with Crippen molar-refractivity contribution < 1.29 is 23.1 Å². The number of alkyl halides is 3. The quantitative estimate of drug-likeness (QED) is 0.932. The number of carboxylic acids is 1. The molecule has 0 aliphatic heterocycles. The van der Waals surface area contributed by atoms with Crippen LogP contribution in [0.4, 0.5) is 13.2 Å². The van der Waals surface area contributed by atoms with Crippen molar-refractivity contribution in [3.63, 3.8) is 0 Å². The van der Waals surface area contributed by atoms with E-state index < -0.39 is 17.7 Å². The van der Waals surface area contributed by atoms with Gasteiger partial charge < -0.3 is 9.67 Å². The Labute approximate surface area is 106 Å². The van der Waals surface area contributed by atoms with Crippen LogP contribution >= 0.6 is 0 Å². The topological polar surface area (TPSA) is 55.1 Å². The maximum atomic E-state index is 12.4. The van der Waals surface area contributed by atoms with Crippen molar-refractivity contribution in [3.8, 4) is 0 Å². The van der Waals surface area contributed by atoms with Gasteiger partial charge in [-0.15, -0.1) is 0 Å². The summed E-state index contributed by atoms with van der Waals surface area (Å²) in [6.07, 6.45) is -1.59. The molecule has 0 fully saturated rings. The van der Waals surface area contributed by atoms with Gasteiger partial charge in [0, 0.05) is 18.9 Å². The van der Waals surface area contributed by atoms with Crippen LogP contribution in [0.5, 0.6) is 0 Å². The first-order chi connectivity index (χ1) is 8.88. The lowest BCUT2D eigenvalue weighted by atomic mass is 10.1. The molecule has 0 aliphatic carbocycles. The van der Waals surface area contributed by atoms with E-state index in [1.54, 1.807) is 0 Å². The van der Waals surface area contributed by atoms with Crippen molar-refractivity contribution in [1.29, 1.82) is 0 Å². The van der Waals surface area contributed by atoms with E-state index in [2.05, 4.69) is 4.98 Å². The molecule has 0 amide bonds. The highest BCUT2D eigenvalue weighted by Gasteiger charge is 2.29. The Bertz CT molecular complexity index is 588. The standard InChI is InChI=1S/C12H9F3N2O2/c13-12(14,15)9-3-1-8(2-4-9)7-17-6-5-16-10(17)11(18)19/h1-6H,7H2,(H,18,19). The lowest BCUT2D eigenvalue weighted by Gasteiger charge is -2.08. The highest BCUT2D eigenvalue weighted by atomic mass is 19.4. The molecule has 2 rings (SSSR count). The average molecular weight is 270 g/mol. The summed E-state index contributed by atoms with van der Waals surface area (Å²) in [4.78, 5) is 14.5. The molecule has 1 aromatic carbocycles. The summed E-state index contributed by atoms with van der Waals surface area (Å²) in [6.45, 7) is 0.153. The van der Waals surface area contributed by atoms with Crippen LogP contribution < -0.4 is 0 Å². The minimum absolute atomic E-state index is 0.153. The molecule has 0 saturated heterocycles. The smallest absolute Gasteiger partial charge is 0.416 e. The highest BCUT2D eigenvalue weighted by molar-refractivity contribution is 5.83. The van der Waals surface area contributed by atoms with Gasteiger partial charge in [-0.3, -0.25) is 0 Å². The largest absolute Gasteiger partial charge is 0.475 e. The Kier molecular flexibility index (Phi) is 3.28. The van der Waals surface area contributed by atoms with E-state index in [-0.39, 0.29) is 12.4 Å². The molecular weight excluding hydrogens is 261 g/mol. The minimum Gasteiger partial charge on any atom is -0.475 e. The molecule has 0 radical (unpaired) electrons. The molecular formula is C12H9F3N2O2. The molecule has 1 aromatic heterocycles. The number of nitrogens with zero attached hydrogens (tertiary/aromatic N) is 2. The van der Waals surface area contributed by atoms with Crippen LogP contribution in [-0.2, 0) is 12.7 Å². The second kappa shape index (κ2) is 4.75. The summed E-state index contributed by atoms with van der Waals surface area (Å²) >= 11 is 0. The number of aromatic nitrogens is 2. The van der Waals surface area contributed by atoms with E-state index in [1.165, 1.54) is 29.1 Å². The van der Waals surface area contributed by atoms with Crippen LogP contribution in [-0.4, -0.2) is 20.6 Å². The van der Waals surface area contributed by atoms with Gasteiger partial charge in [0.2, 0.25) is 5.82 Å². The lowest BCUT2D eigenvalue weighted by Crippen LogP contribution is -2.10. The fraction of sp³-hybridized carbons (Fsp3) is 0.167. The monoisotopic (exact) mass is 270 g/mol. The van der Waals surface area contributed by atoms with E-state index in [0.717, 1.165) is 12.1 Å². The number of halogens is 3. The van der Waals surface area contributed by atoms with Crippen molar-refractivity contribution >= 4 is 5.97 Å². The zero-order valence-corrected chi connectivity index (χ0v) is 9.55. The number of benzene rings is 1. The number of imidazole rings is 1. The van der Waals surface area contributed by atoms with Crippen LogP contribution in [0.25, 0.3) is 0 Å². The first kappa shape index (κ1) is 13.1. The van der Waals surface area contributed by atoms with Crippen molar-refractivity contribution in [2.24, 2.45) is 0 Å². The van der Waals surface area contributed by atoms with Crippen molar-refractivity contribution in [2.75, 3.05) is 0 Å². The summed E-state index contributed by atoms with van der Waals surface area (Å²) in [5, 5.41) is 8.85. The molecule has 0 saturated carbocycles. The van der Waals surface area contributed by atoms with E-state index >= 15 is 0 Å². The molecule has 4 nitrogen and oxygen atoms in total. The van der Waals surface area contributed by atoms with Gasteiger partial charge in [0.25, 0.3) is 0 Å². The van der Waals surface area contributed by atoms with Crippen molar-refractivity contribution in [1.82, 2.24) is 9.55 Å². The molecule has 19 heavy (non-hydrogen) atoms. The zero-order chi connectivity index (χ0) is 14.0. The fourth-order valence-corrected chi connectivity index (χ4v) is 1.63. The number of hydrogen-bond donors (Lipinski definition) is 1. The summed E-state index contributed by atoms with van der Waals surface area (Å²) in [5.41, 5.74) is -0.172. The van der Waals surface area contributed by atoms with Crippen LogP contribution in [0.1, 0.15) is 21.7 Å². The van der Waals surface area contributed by atoms with Gasteiger partial charge in [0.15, 0.2) is 0 Å². The second-order valence-electron chi connectivity index (χ2n) is 3.88. The van der Waals surface area contributed by atoms with E-state index in [9.17, 15) is 18.0 Å². The van der Waals surface area contributed by atoms with Gasteiger partial charge in [-0.2, -0.15) is 13.2 Å². The molecule has 7 heteroatoms.